The van der Waals surface area contributed by atoms with Crippen LogP contribution in [0.15, 0.2) is 35.7 Å². The highest BCUT2D eigenvalue weighted by molar-refractivity contribution is 7.97. The number of hydrogen-bond donors (Lipinski definition) is 0. The quantitative estimate of drug-likeness (QED) is 0.784. The summed E-state index contributed by atoms with van der Waals surface area (Å²) in [6.45, 7) is 0. The van der Waals surface area contributed by atoms with E-state index in [1.54, 1.807) is 11.3 Å². The number of benzene rings is 1. The molecule has 1 aromatic heterocycles. The number of aromatic nitrogens is 1. The molecule has 72 valence electrons. The van der Waals surface area contributed by atoms with Crippen molar-refractivity contribution in [3.05, 3.63) is 40.7 Å². The molecule has 14 heavy (non-hydrogen) atoms. The lowest BCUT2D eigenvalue weighted by atomic mass is 10.2. The zero-order valence-corrected chi connectivity index (χ0v) is 9.57. The molecule has 1 nitrogen and oxygen atoms in total. The number of hydrogen-bond acceptors (Lipinski definition) is 3. The topological polar surface area (TPSA) is 12.9 Å². The molecule has 1 heterocycles. The summed E-state index contributed by atoms with van der Waals surface area (Å²) in [6.07, 6.45) is 2.10. The van der Waals surface area contributed by atoms with Gasteiger partial charge in [-0.2, -0.15) is 11.8 Å². The molecule has 0 aliphatic carbocycles. The second-order valence-electron chi connectivity index (χ2n) is 2.93. The van der Waals surface area contributed by atoms with Gasteiger partial charge in [0.25, 0.3) is 0 Å². The Balaban J connectivity index is 2.25. The van der Waals surface area contributed by atoms with Gasteiger partial charge in [-0.15, -0.1) is 11.3 Å². The molecule has 0 radical (unpaired) electrons. The highest BCUT2D eigenvalue weighted by Crippen LogP contribution is 2.23. The van der Waals surface area contributed by atoms with Crippen LogP contribution in [-0.2, 0) is 5.75 Å². The number of rotatable bonds is 3. The summed E-state index contributed by atoms with van der Waals surface area (Å²) in [7, 11) is 0. The van der Waals surface area contributed by atoms with Crippen LogP contribution >= 0.6 is 23.1 Å². The molecule has 0 atom stereocenters. The number of thioether (sulfide) groups is 1. The summed E-state index contributed by atoms with van der Waals surface area (Å²) in [4.78, 5) is 4.57. The van der Waals surface area contributed by atoms with E-state index in [0.717, 1.165) is 11.4 Å². The normalized spacial score (nSPS) is 10.4. The van der Waals surface area contributed by atoms with Crippen LogP contribution in [0.25, 0.3) is 11.3 Å². The van der Waals surface area contributed by atoms with Crippen LogP contribution < -0.4 is 0 Å². The highest BCUT2D eigenvalue weighted by atomic mass is 32.2. The van der Waals surface area contributed by atoms with Crippen molar-refractivity contribution in [3.8, 4) is 11.3 Å². The largest absolute Gasteiger partial charge is 0.240 e. The van der Waals surface area contributed by atoms with Crippen molar-refractivity contribution in [1.82, 2.24) is 4.98 Å². The van der Waals surface area contributed by atoms with E-state index in [9.17, 15) is 0 Å². The molecular formula is C11H11NS2. The van der Waals surface area contributed by atoms with E-state index in [1.165, 1.54) is 10.6 Å². The molecule has 0 saturated heterocycles. The van der Waals surface area contributed by atoms with E-state index >= 15 is 0 Å². The Kier molecular flexibility index (Phi) is 3.22. The van der Waals surface area contributed by atoms with Crippen LogP contribution in [0.5, 0.6) is 0 Å². The van der Waals surface area contributed by atoms with Gasteiger partial charge in [-0.25, -0.2) is 4.98 Å². The van der Waals surface area contributed by atoms with E-state index < -0.39 is 0 Å². The van der Waals surface area contributed by atoms with E-state index in [2.05, 4.69) is 28.8 Å². The maximum atomic E-state index is 4.57. The Bertz CT molecular complexity index is 395. The molecule has 0 unspecified atom stereocenters. The summed E-state index contributed by atoms with van der Waals surface area (Å²) in [5.41, 5.74) is 2.30. The molecule has 0 saturated carbocycles. The maximum Gasteiger partial charge on any atom is 0.103 e. The van der Waals surface area contributed by atoms with Crippen LogP contribution in [-0.4, -0.2) is 11.2 Å². The number of nitrogens with zero attached hydrogens (tertiary/aromatic N) is 1. The van der Waals surface area contributed by atoms with E-state index in [1.807, 2.05) is 30.0 Å². The Morgan fingerprint density at radius 3 is 2.79 bits per heavy atom. The van der Waals surface area contributed by atoms with Gasteiger partial charge in [0.05, 0.1) is 5.69 Å². The smallest absolute Gasteiger partial charge is 0.103 e. The van der Waals surface area contributed by atoms with Gasteiger partial charge in [0.1, 0.15) is 5.01 Å². The van der Waals surface area contributed by atoms with Gasteiger partial charge in [0.15, 0.2) is 0 Å². The molecule has 0 amide bonds. The fourth-order valence-electron chi connectivity index (χ4n) is 1.24. The average Bonchev–Trinajstić information content (AvgIpc) is 2.68. The third-order valence-electron chi connectivity index (χ3n) is 1.89. The van der Waals surface area contributed by atoms with Gasteiger partial charge in [-0.3, -0.25) is 0 Å². The van der Waals surface area contributed by atoms with Crippen molar-refractivity contribution < 1.29 is 0 Å². The van der Waals surface area contributed by atoms with Crippen molar-refractivity contribution in [3.63, 3.8) is 0 Å². The van der Waals surface area contributed by atoms with Gasteiger partial charge in [-0.1, -0.05) is 30.3 Å². The second kappa shape index (κ2) is 4.62. The van der Waals surface area contributed by atoms with Crippen LogP contribution in [0.3, 0.4) is 0 Å². The summed E-state index contributed by atoms with van der Waals surface area (Å²) in [5, 5.41) is 3.33. The lowest BCUT2D eigenvalue weighted by Gasteiger charge is -1.94. The van der Waals surface area contributed by atoms with Crippen LogP contribution in [0, 0.1) is 0 Å². The average molecular weight is 221 g/mol. The Morgan fingerprint density at radius 2 is 2.07 bits per heavy atom. The van der Waals surface area contributed by atoms with Crippen molar-refractivity contribution in [2.24, 2.45) is 0 Å². The Labute approximate surface area is 92.2 Å². The van der Waals surface area contributed by atoms with Crippen molar-refractivity contribution in [1.29, 1.82) is 0 Å². The van der Waals surface area contributed by atoms with Gasteiger partial charge in [0, 0.05) is 16.7 Å². The fraction of sp³-hybridized carbons (Fsp3) is 0.182. The second-order valence-corrected chi connectivity index (χ2v) is 4.73. The molecular weight excluding hydrogens is 210 g/mol. The van der Waals surface area contributed by atoms with Crippen molar-refractivity contribution in [2.45, 2.75) is 5.75 Å². The molecule has 2 rings (SSSR count). The summed E-state index contributed by atoms with van der Waals surface area (Å²) in [5.74, 6) is 1.01. The molecule has 0 aliphatic rings. The SMILES string of the molecule is CSCc1nc(-c2ccccc2)cs1. The predicted molar refractivity (Wildman–Crippen MR) is 64.8 cm³/mol. The molecule has 0 fully saturated rings. The molecule has 1 aromatic carbocycles. The first-order valence-electron chi connectivity index (χ1n) is 4.39. The van der Waals surface area contributed by atoms with E-state index in [-0.39, 0.29) is 0 Å². The molecule has 0 aliphatic heterocycles. The fourth-order valence-corrected chi connectivity index (χ4v) is 2.77. The summed E-state index contributed by atoms with van der Waals surface area (Å²) >= 11 is 3.55. The zero-order valence-electron chi connectivity index (χ0n) is 7.93. The van der Waals surface area contributed by atoms with E-state index in [0.29, 0.717) is 0 Å². The summed E-state index contributed by atoms with van der Waals surface area (Å²) < 4.78 is 0. The van der Waals surface area contributed by atoms with Crippen LogP contribution in [0.2, 0.25) is 0 Å². The highest BCUT2D eigenvalue weighted by Gasteiger charge is 2.02. The zero-order chi connectivity index (χ0) is 9.80. The molecule has 0 N–H and O–H groups in total. The predicted octanol–water partition coefficient (Wildman–Crippen LogP) is 3.67. The minimum absolute atomic E-state index is 1.01. The molecule has 0 bridgehead atoms. The monoisotopic (exact) mass is 221 g/mol. The number of thiazole rings is 1. The van der Waals surface area contributed by atoms with Gasteiger partial charge in [-0.05, 0) is 6.26 Å². The first-order valence-corrected chi connectivity index (χ1v) is 6.66. The lowest BCUT2D eigenvalue weighted by Crippen LogP contribution is -1.79. The molecule has 3 heteroatoms. The Hall–Kier alpha value is -0.800. The van der Waals surface area contributed by atoms with Crippen molar-refractivity contribution >= 4 is 23.1 Å². The first-order chi connectivity index (χ1) is 6.90. The van der Waals surface area contributed by atoms with Gasteiger partial charge in [0.2, 0.25) is 0 Å². The lowest BCUT2D eigenvalue weighted by molar-refractivity contribution is 1.27. The minimum atomic E-state index is 1.01. The minimum Gasteiger partial charge on any atom is -0.240 e. The van der Waals surface area contributed by atoms with Crippen molar-refractivity contribution in [2.75, 3.05) is 6.26 Å². The van der Waals surface area contributed by atoms with Gasteiger partial charge >= 0.3 is 0 Å². The maximum absolute atomic E-state index is 4.57. The molecule has 2 aromatic rings. The van der Waals surface area contributed by atoms with Gasteiger partial charge < -0.3 is 0 Å². The van der Waals surface area contributed by atoms with Crippen LogP contribution in [0.1, 0.15) is 5.01 Å². The third-order valence-corrected chi connectivity index (χ3v) is 3.48. The summed E-state index contributed by atoms with van der Waals surface area (Å²) in [6, 6.07) is 10.3. The third kappa shape index (κ3) is 2.16. The Morgan fingerprint density at radius 1 is 1.29 bits per heavy atom. The standard InChI is InChI=1S/C11H11NS2/c1-13-8-11-12-10(7-14-11)9-5-3-2-4-6-9/h2-7H,8H2,1H3. The molecule has 0 spiro atoms. The van der Waals surface area contributed by atoms with E-state index in [4.69, 9.17) is 0 Å². The van der Waals surface area contributed by atoms with Crippen LogP contribution in [0.4, 0.5) is 0 Å². The first kappa shape index (κ1) is 9.74.